The monoisotopic (exact) mass is 300 g/mol. The summed E-state index contributed by atoms with van der Waals surface area (Å²) in [6.07, 6.45) is 2.34. The van der Waals surface area contributed by atoms with Gasteiger partial charge in [0.1, 0.15) is 0 Å². The largest absolute Gasteiger partial charge is 0.417 e. The van der Waals surface area contributed by atoms with Crippen molar-refractivity contribution in [2.24, 2.45) is 0 Å². The molecule has 1 spiro atoms. The molecule has 0 amide bonds. The molecule has 1 N–H and O–H groups in total. The van der Waals surface area contributed by atoms with E-state index in [-0.39, 0.29) is 11.6 Å². The molecule has 2 fully saturated rings. The predicted molar refractivity (Wildman–Crippen MR) is 71.5 cm³/mol. The molecule has 3 nitrogen and oxygen atoms in total. The van der Waals surface area contributed by atoms with Gasteiger partial charge in [-0.1, -0.05) is 12.8 Å². The number of aromatic nitrogens is 1. The zero-order chi connectivity index (χ0) is 15.1. The van der Waals surface area contributed by atoms with E-state index in [9.17, 15) is 18.3 Å². The van der Waals surface area contributed by atoms with Gasteiger partial charge in [-0.15, -0.1) is 0 Å². The van der Waals surface area contributed by atoms with Gasteiger partial charge in [-0.05, 0) is 30.9 Å². The lowest BCUT2D eigenvalue weighted by atomic mass is 9.91. The summed E-state index contributed by atoms with van der Waals surface area (Å²) in [7, 11) is 0. The number of rotatable bonds is 2. The Morgan fingerprint density at radius 3 is 2.67 bits per heavy atom. The second-order valence-corrected chi connectivity index (χ2v) is 6.12. The third kappa shape index (κ3) is 2.66. The van der Waals surface area contributed by atoms with Crippen molar-refractivity contribution in [2.75, 3.05) is 6.54 Å². The zero-order valence-corrected chi connectivity index (χ0v) is 11.7. The summed E-state index contributed by atoms with van der Waals surface area (Å²) in [5.74, 6) is 0. The summed E-state index contributed by atoms with van der Waals surface area (Å²) in [4.78, 5) is 5.87. The van der Waals surface area contributed by atoms with E-state index in [2.05, 4.69) is 9.88 Å². The van der Waals surface area contributed by atoms with E-state index in [4.69, 9.17) is 0 Å². The van der Waals surface area contributed by atoms with Gasteiger partial charge in [0.2, 0.25) is 0 Å². The highest BCUT2D eigenvalue weighted by Gasteiger charge is 2.49. The van der Waals surface area contributed by atoms with Gasteiger partial charge in [-0.25, -0.2) is 0 Å². The lowest BCUT2D eigenvalue weighted by molar-refractivity contribution is -0.137. The van der Waals surface area contributed by atoms with Crippen LogP contribution in [0.1, 0.15) is 43.2 Å². The molecule has 1 saturated carbocycles. The molecular formula is C15H19F3N2O. The van der Waals surface area contributed by atoms with Gasteiger partial charge in [0.05, 0.1) is 11.7 Å². The number of halogens is 3. The molecule has 1 aromatic rings. The SMILES string of the molecule is OC1CCN(Cc2cncc(C(F)(F)F)c2)C12CCCC2. The van der Waals surface area contributed by atoms with Crippen molar-refractivity contribution < 1.29 is 18.3 Å². The van der Waals surface area contributed by atoms with Crippen LogP contribution in [0.15, 0.2) is 18.5 Å². The fourth-order valence-electron chi connectivity index (χ4n) is 3.80. The first-order valence-electron chi connectivity index (χ1n) is 7.36. The second-order valence-electron chi connectivity index (χ2n) is 6.12. The van der Waals surface area contributed by atoms with E-state index in [0.717, 1.165) is 38.4 Å². The maximum Gasteiger partial charge on any atom is 0.417 e. The number of pyridine rings is 1. The molecule has 1 unspecified atom stereocenters. The Hall–Kier alpha value is -1.14. The number of nitrogens with zero attached hydrogens (tertiary/aromatic N) is 2. The van der Waals surface area contributed by atoms with E-state index in [1.165, 1.54) is 12.3 Å². The van der Waals surface area contributed by atoms with Crippen molar-refractivity contribution >= 4 is 0 Å². The maximum atomic E-state index is 12.7. The minimum atomic E-state index is -4.36. The number of likely N-dealkylation sites (tertiary alicyclic amines) is 1. The lowest BCUT2D eigenvalue weighted by Gasteiger charge is -2.37. The predicted octanol–water partition coefficient (Wildman–Crippen LogP) is 2.98. The number of aliphatic hydroxyl groups excluding tert-OH is 1. The van der Waals surface area contributed by atoms with Gasteiger partial charge < -0.3 is 5.11 Å². The summed E-state index contributed by atoms with van der Waals surface area (Å²) in [6.45, 7) is 1.16. The molecule has 116 valence electrons. The quantitative estimate of drug-likeness (QED) is 0.912. The topological polar surface area (TPSA) is 36.4 Å². The Kier molecular flexibility index (Phi) is 3.69. The van der Waals surface area contributed by atoms with Crippen LogP contribution in [-0.2, 0) is 12.7 Å². The normalized spacial score (nSPS) is 25.8. The average Bonchev–Trinajstić information content (AvgIpc) is 3.03. The van der Waals surface area contributed by atoms with Gasteiger partial charge in [0.25, 0.3) is 0 Å². The number of alkyl halides is 3. The van der Waals surface area contributed by atoms with Crippen LogP contribution in [0.4, 0.5) is 13.2 Å². The van der Waals surface area contributed by atoms with Crippen LogP contribution in [-0.4, -0.2) is 33.2 Å². The van der Waals surface area contributed by atoms with Gasteiger partial charge in [0, 0.05) is 31.0 Å². The molecule has 2 heterocycles. The van der Waals surface area contributed by atoms with E-state index < -0.39 is 11.7 Å². The van der Waals surface area contributed by atoms with Crippen LogP contribution in [0.2, 0.25) is 0 Å². The van der Waals surface area contributed by atoms with Crippen molar-refractivity contribution in [1.82, 2.24) is 9.88 Å². The van der Waals surface area contributed by atoms with E-state index in [0.29, 0.717) is 18.5 Å². The molecule has 2 aliphatic rings. The van der Waals surface area contributed by atoms with Crippen LogP contribution in [0, 0.1) is 0 Å². The molecule has 0 bridgehead atoms. The average molecular weight is 300 g/mol. The Morgan fingerprint density at radius 1 is 1.29 bits per heavy atom. The van der Waals surface area contributed by atoms with Crippen LogP contribution in [0.5, 0.6) is 0 Å². The van der Waals surface area contributed by atoms with Crippen LogP contribution < -0.4 is 0 Å². The Labute approximate surface area is 121 Å². The lowest BCUT2D eigenvalue weighted by Crippen LogP contribution is -2.47. The summed E-state index contributed by atoms with van der Waals surface area (Å²) < 4.78 is 38.2. The van der Waals surface area contributed by atoms with E-state index >= 15 is 0 Å². The molecule has 1 saturated heterocycles. The Bertz CT molecular complexity index is 512. The van der Waals surface area contributed by atoms with Gasteiger partial charge in [-0.2, -0.15) is 13.2 Å². The highest BCUT2D eigenvalue weighted by molar-refractivity contribution is 5.21. The fourth-order valence-corrected chi connectivity index (χ4v) is 3.80. The maximum absolute atomic E-state index is 12.7. The molecular weight excluding hydrogens is 281 g/mol. The number of hydrogen-bond donors (Lipinski definition) is 1. The summed E-state index contributed by atoms with van der Waals surface area (Å²) in [6, 6.07) is 1.17. The van der Waals surface area contributed by atoms with Gasteiger partial charge >= 0.3 is 6.18 Å². The second kappa shape index (κ2) is 5.25. The molecule has 1 aliphatic carbocycles. The van der Waals surface area contributed by atoms with E-state index in [1.54, 1.807) is 0 Å². The Balaban J connectivity index is 1.80. The standard InChI is InChI=1S/C15H19F3N2O/c16-15(17,18)12-7-11(8-19-9-12)10-20-6-3-13(21)14(20)4-1-2-5-14/h7-9,13,21H,1-6,10H2. The van der Waals surface area contributed by atoms with E-state index in [1.807, 2.05) is 0 Å². The summed E-state index contributed by atoms with van der Waals surface area (Å²) in [5, 5.41) is 10.3. The highest BCUT2D eigenvalue weighted by atomic mass is 19.4. The molecule has 6 heteroatoms. The van der Waals surface area contributed by atoms with Crippen molar-refractivity contribution in [2.45, 2.75) is 56.5 Å². The Morgan fingerprint density at radius 2 is 2.00 bits per heavy atom. The molecule has 1 aliphatic heterocycles. The minimum Gasteiger partial charge on any atom is -0.391 e. The molecule has 0 aromatic carbocycles. The summed E-state index contributed by atoms with van der Waals surface area (Å²) >= 11 is 0. The molecule has 0 radical (unpaired) electrons. The van der Waals surface area contributed by atoms with Crippen LogP contribution in [0.3, 0.4) is 0 Å². The van der Waals surface area contributed by atoms with Gasteiger partial charge in [0.15, 0.2) is 0 Å². The number of aliphatic hydroxyl groups is 1. The molecule has 3 rings (SSSR count). The highest BCUT2D eigenvalue weighted by Crippen LogP contribution is 2.44. The third-order valence-electron chi connectivity index (χ3n) is 4.89. The summed E-state index contributed by atoms with van der Waals surface area (Å²) in [5.41, 5.74) is -0.376. The van der Waals surface area contributed by atoms with Crippen molar-refractivity contribution in [3.63, 3.8) is 0 Å². The van der Waals surface area contributed by atoms with Gasteiger partial charge in [-0.3, -0.25) is 9.88 Å². The van der Waals surface area contributed by atoms with Crippen molar-refractivity contribution in [3.05, 3.63) is 29.6 Å². The molecule has 1 atom stereocenters. The van der Waals surface area contributed by atoms with Crippen LogP contribution in [0.25, 0.3) is 0 Å². The molecule has 1 aromatic heterocycles. The van der Waals surface area contributed by atoms with Crippen molar-refractivity contribution in [3.8, 4) is 0 Å². The minimum absolute atomic E-state index is 0.228. The fraction of sp³-hybridized carbons (Fsp3) is 0.667. The first-order valence-corrected chi connectivity index (χ1v) is 7.36. The van der Waals surface area contributed by atoms with Crippen LogP contribution >= 0.6 is 0 Å². The first kappa shape index (κ1) is 14.8. The number of hydrogen-bond acceptors (Lipinski definition) is 3. The van der Waals surface area contributed by atoms with Crippen molar-refractivity contribution in [1.29, 1.82) is 0 Å². The smallest absolute Gasteiger partial charge is 0.391 e. The zero-order valence-electron chi connectivity index (χ0n) is 11.7. The first-order chi connectivity index (χ1) is 9.92. The third-order valence-corrected chi connectivity index (χ3v) is 4.89. The molecule has 21 heavy (non-hydrogen) atoms.